The largest absolute Gasteiger partial charge is 0.497 e. The molecule has 1 amide bonds. The predicted octanol–water partition coefficient (Wildman–Crippen LogP) is 5.12. The van der Waals surface area contributed by atoms with Gasteiger partial charge in [-0.05, 0) is 49.4 Å². The minimum atomic E-state index is -0.275. The zero-order chi connectivity index (χ0) is 16.1. The van der Waals surface area contributed by atoms with Gasteiger partial charge in [-0.15, -0.1) is 11.8 Å². The number of carbonyl (C=O) groups is 1. The fraction of sp³-hybridized carbons (Fsp3) is 0.188. The maximum atomic E-state index is 12.2. The molecule has 3 nitrogen and oxygen atoms in total. The molecule has 1 N–H and O–H groups in total. The van der Waals surface area contributed by atoms with Crippen LogP contribution in [0.2, 0.25) is 10.0 Å². The van der Waals surface area contributed by atoms with Crippen LogP contribution in [0.1, 0.15) is 6.92 Å². The summed E-state index contributed by atoms with van der Waals surface area (Å²) in [5, 5.41) is 3.50. The molecule has 0 aliphatic carbocycles. The molecule has 0 aliphatic heterocycles. The first-order valence-corrected chi connectivity index (χ1v) is 8.20. The summed E-state index contributed by atoms with van der Waals surface area (Å²) in [6, 6.07) is 12.5. The average Bonchev–Trinajstić information content (AvgIpc) is 2.51. The number of anilines is 1. The number of ether oxygens (including phenoxy) is 1. The van der Waals surface area contributed by atoms with E-state index in [-0.39, 0.29) is 11.2 Å². The molecule has 116 valence electrons. The molecule has 2 aromatic rings. The van der Waals surface area contributed by atoms with Crippen molar-refractivity contribution in [3.63, 3.8) is 0 Å². The van der Waals surface area contributed by atoms with Crippen molar-refractivity contribution >= 4 is 46.6 Å². The molecule has 2 rings (SSSR count). The van der Waals surface area contributed by atoms with Crippen molar-refractivity contribution in [3.05, 3.63) is 52.5 Å². The first-order chi connectivity index (χ1) is 10.5. The van der Waals surface area contributed by atoms with Gasteiger partial charge in [-0.2, -0.15) is 0 Å². The molecule has 6 heteroatoms. The third-order valence-corrected chi connectivity index (χ3v) is 4.60. The van der Waals surface area contributed by atoms with E-state index >= 15 is 0 Å². The molecule has 1 atom stereocenters. The number of carbonyl (C=O) groups excluding carboxylic acids is 1. The minimum absolute atomic E-state index is 0.134. The molecule has 22 heavy (non-hydrogen) atoms. The molecule has 0 spiro atoms. The van der Waals surface area contributed by atoms with Gasteiger partial charge in [0, 0.05) is 9.92 Å². The van der Waals surface area contributed by atoms with Crippen molar-refractivity contribution < 1.29 is 9.53 Å². The van der Waals surface area contributed by atoms with Gasteiger partial charge in [0.1, 0.15) is 5.75 Å². The van der Waals surface area contributed by atoms with Crippen molar-refractivity contribution in [2.24, 2.45) is 0 Å². The van der Waals surface area contributed by atoms with E-state index in [9.17, 15) is 4.79 Å². The van der Waals surface area contributed by atoms with Gasteiger partial charge in [-0.25, -0.2) is 0 Å². The fourth-order valence-electron chi connectivity index (χ4n) is 1.74. The molecule has 0 aliphatic rings. The van der Waals surface area contributed by atoms with Crippen LogP contribution in [0.4, 0.5) is 5.69 Å². The Morgan fingerprint density at radius 3 is 2.50 bits per heavy atom. The van der Waals surface area contributed by atoms with Crippen LogP contribution in [-0.2, 0) is 4.79 Å². The van der Waals surface area contributed by atoms with Gasteiger partial charge in [0.15, 0.2) is 0 Å². The molecule has 0 saturated carbocycles. The maximum absolute atomic E-state index is 12.2. The highest BCUT2D eigenvalue weighted by Gasteiger charge is 2.16. The van der Waals surface area contributed by atoms with E-state index in [1.807, 2.05) is 31.2 Å². The van der Waals surface area contributed by atoms with Crippen molar-refractivity contribution in [1.29, 1.82) is 0 Å². The van der Waals surface area contributed by atoms with E-state index in [0.717, 1.165) is 10.6 Å². The molecule has 0 heterocycles. The fourth-order valence-corrected chi connectivity index (χ4v) is 2.94. The molecule has 0 aromatic heterocycles. The first-order valence-electron chi connectivity index (χ1n) is 6.56. The highest BCUT2D eigenvalue weighted by Crippen LogP contribution is 2.29. The smallest absolute Gasteiger partial charge is 0.237 e. The maximum Gasteiger partial charge on any atom is 0.237 e. The topological polar surface area (TPSA) is 38.3 Å². The SMILES string of the molecule is COc1ccc(S[C@H](C)C(=O)Nc2cc(Cl)ccc2Cl)cc1. The number of rotatable bonds is 5. The second kappa shape index (κ2) is 7.77. The Bertz CT molecular complexity index is 662. The van der Waals surface area contributed by atoms with Crippen LogP contribution in [0, 0.1) is 0 Å². The van der Waals surface area contributed by atoms with Crippen LogP contribution in [0.5, 0.6) is 5.75 Å². The lowest BCUT2D eigenvalue weighted by Gasteiger charge is -2.13. The third kappa shape index (κ3) is 4.57. The lowest BCUT2D eigenvalue weighted by molar-refractivity contribution is -0.115. The summed E-state index contributed by atoms with van der Waals surface area (Å²) in [4.78, 5) is 13.2. The number of halogens is 2. The van der Waals surface area contributed by atoms with Crippen LogP contribution in [-0.4, -0.2) is 18.3 Å². The molecule has 0 radical (unpaired) electrons. The van der Waals surface area contributed by atoms with E-state index in [0.29, 0.717) is 15.7 Å². The molecule has 0 unspecified atom stereocenters. The Balaban J connectivity index is 2.00. The normalized spacial score (nSPS) is 11.8. The summed E-state index contributed by atoms with van der Waals surface area (Å²) in [7, 11) is 1.62. The molecular weight excluding hydrogens is 341 g/mol. The minimum Gasteiger partial charge on any atom is -0.497 e. The summed E-state index contributed by atoms with van der Waals surface area (Å²) in [6.07, 6.45) is 0. The van der Waals surface area contributed by atoms with Gasteiger partial charge in [0.2, 0.25) is 5.91 Å². The first kappa shape index (κ1) is 17.0. The highest BCUT2D eigenvalue weighted by molar-refractivity contribution is 8.00. The van der Waals surface area contributed by atoms with Gasteiger partial charge < -0.3 is 10.1 Å². The highest BCUT2D eigenvalue weighted by atomic mass is 35.5. The number of nitrogens with one attached hydrogen (secondary N) is 1. The van der Waals surface area contributed by atoms with Crippen LogP contribution in [0.3, 0.4) is 0 Å². The summed E-state index contributed by atoms with van der Waals surface area (Å²) in [5.41, 5.74) is 0.515. The van der Waals surface area contributed by atoms with Gasteiger partial charge in [0.25, 0.3) is 0 Å². The van der Waals surface area contributed by atoms with E-state index in [1.165, 1.54) is 11.8 Å². The molecule has 2 aromatic carbocycles. The van der Waals surface area contributed by atoms with Crippen LogP contribution in [0.15, 0.2) is 47.4 Å². The predicted molar refractivity (Wildman–Crippen MR) is 93.4 cm³/mol. The number of thioether (sulfide) groups is 1. The van der Waals surface area contributed by atoms with Gasteiger partial charge >= 0.3 is 0 Å². The second-order valence-corrected chi connectivity index (χ2v) is 6.81. The van der Waals surface area contributed by atoms with Crippen molar-refractivity contribution in [2.45, 2.75) is 17.1 Å². The zero-order valence-electron chi connectivity index (χ0n) is 12.1. The number of amides is 1. The Morgan fingerprint density at radius 2 is 1.86 bits per heavy atom. The lowest BCUT2D eigenvalue weighted by Crippen LogP contribution is -2.22. The third-order valence-electron chi connectivity index (χ3n) is 2.93. The molecule has 0 fully saturated rings. The van der Waals surface area contributed by atoms with Gasteiger partial charge in [-0.1, -0.05) is 23.2 Å². The van der Waals surface area contributed by atoms with E-state index < -0.39 is 0 Å². The molecule has 0 saturated heterocycles. The van der Waals surface area contributed by atoms with Crippen molar-refractivity contribution in [2.75, 3.05) is 12.4 Å². The van der Waals surface area contributed by atoms with Crippen LogP contribution < -0.4 is 10.1 Å². The number of hydrogen-bond donors (Lipinski definition) is 1. The van der Waals surface area contributed by atoms with E-state index in [4.69, 9.17) is 27.9 Å². The summed E-state index contributed by atoms with van der Waals surface area (Å²) >= 11 is 13.4. The lowest BCUT2D eigenvalue weighted by atomic mass is 10.3. The number of benzene rings is 2. The monoisotopic (exact) mass is 355 g/mol. The number of methoxy groups -OCH3 is 1. The Hall–Kier alpha value is -1.36. The Kier molecular flexibility index (Phi) is 6.00. The van der Waals surface area contributed by atoms with Crippen molar-refractivity contribution in [3.8, 4) is 5.75 Å². The Morgan fingerprint density at radius 1 is 1.18 bits per heavy atom. The number of hydrogen-bond acceptors (Lipinski definition) is 3. The van der Waals surface area contributed by atoms with Gasteiger partial charge in [-0.3, -0.25) is 4.79 Å². The van der Waals surface area contributed by atoms with Crippen LogP contribution in [0.25, 0.3) is 0 Å². The van der Waals surface area contributed by atoms with Crippen molar-refractivity contribution in [1.82, 2.24) is 0 Å². The quantitative estimate of drug-likeness (QED) is 0.756. The van der Waals surface area contributed by atoms with E-state index in [2.05, 4.69) is 5.32 Å². The Labute approximate surface area is 144 Å². The van der Waals surface area contributed by atoms with Crippen LogP contribution >= 0.6 is 35.0 Å². The zero-order valence-corrected chi connectivity index (χ0v) is 14.4. The second-order valence-electron chi connectivity index (χ2n) is 4.55. The summed E-state index contributed by atoms with van der Waals surface area (Å²) in [5.74, 6) is 0.650. The standard InChI is InChI=1S/C16H15Cl2NO2S/c1-10(22-13-6-4-12(21-2)5-7-13)16(20)19-15-9-11(17)3-8-14(15)18/h3-10H,1-2H3,(H,19,20)/t10-/m1/s1. The summed E-state index contributed by atoms with van der Waals surface area (Å²) in [6.45, 7) is 1.84. The summed E-state index contributed by atoms with van der Waals surface area (Å²) < 4.78 is 5.11. The molecule has 0 bridgehead atoms. The van der Waals surface area contributed by atoms with E-state index in [1.54, 1.807) is 25.3 Å². The van der Waals surface area contributed by atoms with Gasteiger partial charge in [0.05, 0.1) is 23.1 Å². The average molecular weight is 356 g/mol. The molecular formula is C16H15Cl2NO2S.